The largest absolute Gasteiger partial charge is 0.480 e. The molecular weight excluding hydrogens is 392 g/mol. The standard InChI is InChI=1S/C24H30N4O3/c1-3-28-15-18(31-22-11-7-6-10-21(22)28)14-27(2)16-23(29)26-20-9-5-4-8-19(20)24(30)25-17-12-13-17/h4-11,17-18H,3,12-16H2,1-2H3,(H,25,30)(H,26,29)/p+1/t18-/m1/s1. The van der Waals surface area contributed by atoms with Crippen LogP contribution in [0.1, 0.15) is 30.1 Å². The first-order chi connectivity index (χ1) is 15.0. The van der Waals surface area contributed by atoms with Crippen LogP contribution >= 0.6 is 0 Å². The lowest BCUT2D eigenvalue weighted by Gasteiger charge is -2.36. The van der Waals surface area contributed by atoms with Crippen molar-refractivity contribution in [3.8, 4) is 5.75 Å². The van der Waals surface area contributed by atoms with Crippen molar-refractivity contribution in [2.75, 3.05) is 43.4 Å². The van der Waals surface area contributed by atoms with Crippen molar-refractivity contribution in [2.45, 2.75) is 31.9 Å². The molecule has 7 heteroatoms. The number of likely N-dealkylation sites (N-methyl/N-ethyl adjacent to an activating group) is 2. The van der Waals surface area contributed by atoms with Crippen LogP contribution in [0.5, 0.6) is 5.75 Å². The number of amides is 2. The number of rotatable bonds is 8. The number of carbonyl (C=O) groups excluding carboxylic acids is 2. The molecule has 2 amide bonds. The van der Waals surface area contributed by atoms with Crippen LogP contribution < -0.4 is 25.2 Å². The van der Waals surface area contributed by atoms with Gasteiger partial charge in [0.25, 0.3) is 11.8 Å². The van der Waals surface area contributed by atoms with E-state index in [2.05, 4.69) is 28.5 Å². The van der Waals surface area contributed by atoms with E-state index < -0.39 is 0 Å². The second-order valence-corrected chi connectivity index (χ2v) is 8.43. The molecule has 1 unspecified atom stereocenters. The summed E-state index contributed by atoms with van der Waals surface area (Å²) in [6, 6.07) is 15.5. The highest BCUT2D eigenvalue weighted by Gasteiger charge is 2.28. The van der Waals surface area contributed by atoms with Gasteiger partial charge in [-0.1, -0.05) is 24.3 Å². The maximum atomic E-state index is 12.7. The third kappa shape index (κ3) is 5.35. The summed E-state index contributed by atoms with van der Waals surface area (Å²) < 4.78 is 6.18. The second-order valence-electron chi connectivity index (χ2n) is 8.43. The molecule has 2 aliphatic rings. The Morgan fingerprint density at radius 3 is 2.65 bits per heavy atom. The molecule has 0 spiro atoms. The van der Waals surface area contributed by atoms with Gasteiger partial charge < -0.3 is 25.2 Å². The van der Waals surface area contributed by atoms with Crippen LogP contribution in [0.15, 0.2) is 48.5 Å². The zero-order valence-corrected chi connectivity index (χ0v) is 18.2. The average Bonchev–Trinajstić information content (AvgIpc) is 3.57. The number of carbonyl (C=O) groups is 2. The van der Waals surface area contributed by atoms with Gasteiger partial charge in [-0.2, -0.15) is 0 Å². The predicted octanol–water partition coefficient (Wildman–Crippen LogP) is 1.32. The Morgan fingerprint density at radius 1 is 1.13 bits per heavy atom. The van der Waals surface area contributed by atoms with Crippen molar-refractivity contribution >= 4 is 23.2 Å². The lowest BCUT2D eigenvalue weighted by molar-refractivity contribution is -0.873. The molecule has 164 valence electrons. The minimum Gasteiger partial charge on any atom is -0.480 e. The van der Waals surface area contributed by atoms with Crippen LogP contribution in [0.4, 0.5) is 11.4 Å². The van der Waals surface area contributed by atoms with Crippen molar-refractivity contribution in [3.05, 3.63) is 54.1 Å². The monoisotopic (exact) mass is 423 g/mol. The summed E-state index contributed by atoms with van der Waals surface area (Å²) in [4.78, 5) is 28.5. The van der Waals surface area contributed by atoms with E-state index in [1.165, 1.54) is 0 Å². The van der Waals surface area contributed by atoms with Gasteiger partial charge in [-0.15, -0.1) is 0 Å². The van der Waals surface area contributed by atoms with Crippen molar-refractivity contribution in [1.82, 2.24) is 5.32 Å². The molecule has 3 N–H and O–H groups in total. The van der Waals surface area contributed by atoms with E-state index in [0.717, 1.165) is 42.3 Å². The molecule has 1 aliphatic carbocycles. The number of hydrogen-bond donors (Lipinski definition) is 3. The molecule has 4 rings (SSSR count). The van der Waals surface area contributed by atoms with Crippen LogP contribution in [-0.2, 0) is 4.79 Å². The number of nitrogens with zero attached hydrogens (tertiary/aromatic N) is 1. The number of ether oxygens (including phenoxy) is 1. The summed E-state index contributed by atoms with van der Waals surface area (Å²) in [7, 11) is 1.99. The predicted molar refractivity (Wildman–Crippen MR) is 121 cm³/mol. The van der Waals surface area contributed by atoms with Crippen molar-refractivity contribution in [3.63, 3.8) is 0 Å². The number of quaternary nitrogens is 1. The molecular formula is C24H31N4O3+. The van der Waals surface area contributed by atoms with Crippen LogP contribution in [0, 0.1) is 0 Å². The van der Waals surface area contributed by atoms with Gasteiger partial charge in [0.1, 0.15) is 12.3 Å². The third-order valence-electron chi connectivity index (χ3n) is 5.70. The Hall–Kier alpha value is -3.06. The Kier molecular flexibility index (Phi) is 6.42. The number of nitrogens with one attached hydrogen (secondary N) is 3. The van der Waals surface area contributed by atoms with Gasteiger partial charge in [0.2, 0.25) is 0 Å². The smallest absolute Gasteiger partial charge is 0.279 e. The van der Waals surface area contributed by atoms with Gasteiger partial charge in [-0.05, 0) is 44.0 Å². The summed E-state index contributed by atoms with van der Waals surface area (Å²) >= 11 is 0. The molecule has 0 aromatic heterocycles. The van der Waals surface area contributed by atoms with Gasteiger partial charge in [0, 0.05) is 12.6 Å². The third-order valence-corrected chi connectivity index (χ3v) is 5.70. The number of benzene rings is 2. The molecule has 2 aromatic carbocycles. The van der Waals surface area contributed by atoms with Crippen LogP contribution in [0.25, 0.3) is 0 Å². The summed E-state index contributed by atoms with van der Waals surface area (Å²) in [5.41, 5.74) is 2.18. The van der Waals surface area contributed by atoms with Gasteiger partial charge >= 0.3 is 0 Å². The first kappa shape index (κ1) is 21.2. The van der Waals surface area contributed by atoms with Gasteiger partial charge in [0.05, 0.1) is 30.5 Å². The molecule has 7 nitrogen and oxygen atoms in total. The molecule has 0 saturated heterocycles. The molecule has 1 aliphatic heterocycles. The Bertz CT molecular complexity index is 944. The maximum absolute atomic E-state index is 12.7. The van der Waals surface area contributed by atoms with E-state index in [9.17, 15) is 9.59 Å². The van der Waals surface area contributed by atoms with E-state index in [4.69, 9.17) is 4.74 Å². The fourth-order valence-electron chi connectivity index (χ4n) is 3.99. The SMILES string of the molecule is CCN1C[C@@H](C[NH+](C)CC(=O)Nc2ccccc2C(=O)NC2CC2)Oc2ccccc21. The normalized spacial score (nSPS) is 18.5. The summed E-state index contributed by atoms with van der Waals surface area (Å²) in [6.07, 6.45) is 2.06. The number of hydrogen-bond acceptors (Lipinski definition) is 4. The van der Waals surface area contributed by atoms with E-state index in [-0.39, 0.29) is 24.0 Å². The lowest BCUT2D eigenvalue weighted by atomic mass is 10.1. The summed E-state index contributed by atoms with van der Waals surface area (Å²) in [5.74, 6) is 0.647. The number of para-hydroxylation sites is 3. The molecule has 0 radical (unpaired) electrons. The topological polar surface area (TPSA) is 75.1 Å². The Balaban J connectivity index is 1.33. The Labute approximate surface area is 183 Å². The number of fused-ring (bicyclic) bond motifs is 1. The highest BCUT2D eigenvalue weighted by atomic mass is 16.5. The van der Waals surface area contributed by atoms with Gasteiger partial charge in [0.15, 0.2) is 12.6 Å². The molecule has 0 bridgehead atoms. The van der Waals surface area contributed by atoms with E-state index in [0.29, 0.717) is 24.3 Å². The van der Waals surface area contributed by atoms with Crippen LogP contribution in [0.2, 0.25) is 0 Å². The van der Waals surface area contributed by atoms with E-state index in [1.807, 2.05) is 37.4 Å². The van der Waals surface area contributed by atoms with Crippen molar-refractivity contribution < 1.29 is 19.2 Å². The number of anilines is 2. The fourth-order valence-corrected chi connectivity index (χ4v) is 3.99. The fraction of sp³-hybridized carbons (Fsp3) is 0.417. The van der Waals surface area contributed by atoms with Crippen LogP contribution in [0.3, 0.4) is 0 Å². The minimum absolute atomic E-state index is 0.0132. The Morgan fingerprint density at radius 2 is 1.87 bits per heavy atom. The first-order valence-corrected chi connectivity index (χ1v) is 11.0. The van der Waals surface area contributed by atoms with E-state index >= 15 is 0 Å². The van der Waals surface area contributed by atoms with Gasteiger partial charge in [-0.3, -0.25) is 9.59 Å². The minimum atomic E-state index is -0.131. The van der Waals surface area contributed by atoms with Crippen molar-refractivity contribution in [1.29, 1.82) is 0 Å². The molecule has 1 saturated carbocycles. The van der Waals surface area contributed by atoms with Gasteiger partial charge in [-0.25, -0.2) is 0 Å². The molecule has 1 fully saturated rings. The van der Waals surface area contributed by atoms with Crippen LogP contribution in [-0.4, -0.2) is 57.2 Å². The molecule has 1 heterocycles. The molecule has 2 atom stereocenters. The molecule has 31 heavy (non-hydrogen) atoms. The highest BCUT2D eigenvalue weighted by molar-refractivity contribution is 6.04. The van der Waals surface area contributed by atoms with E-state index in [1.54, 1.807) is 12.1 Å². The first-order valence-electron chi connectivity index (χ1n) is 11.0. The zero-order valence-electron chi connectivity index (χ0n) is 18.2. The zero-order chi connectivity index (χ0) is 21.8. The second kappa shape index (κ2) is 9.39. The highest BCUT2D eigenvalue weighted by Crippen LogP contribution is 2.32. The quantitative estimate of drug-likeness (QED) is 0.599. The molecule has 2 aromatic rings. The van der Waals surface area contributed by atoms with Crippen molar-refractivity contribution in [2.24, 2.45) is 0 Å². The maximum Gasteiger partial charge on any atom is 0.279 e. The average molecular weight is 424 g/mol. The summed E-state index contributed by atoms with van der Waals surface area (Å²) in [5, 5.41) is 5.90. The summed E-state index contributed by atoms with van der Waals surface area (Å²) in [6.45, 7) is 4.86. The lowest BCUT2D eigenvalue weighted by Crippen LogP contribution is -3.11.